The molecule has 84 valence electrons. The van der Waals surface area contributed by atoms with E-state index in [2.05, 4.69) is 28.0 Å². The molecule has 0 aromatic heterocycles. The smallest absolute Gasteiger partial charge is 0.318 e. The van der Waals surface area contributed by atoms with Crippen molar-refractivity contribution < 1.29 is 9.63 Å². The molecule has 0 saturated heterocycles. The molecule has 4 nitrogen and oxygen atoms in total. The Balaban J connectivity index is 2.69. The lowest BCUT2D eigenvalue weighted by Gasteiger charge is -2.23. The summed E-state index contributed by atoms with van der Waals surface area (Å²) in [6.45, 7) is 5.33. The van der Waals surface area contributed by atoms with Crippen LogP contribution in [0.3, 0.4) is 0 Å². The van der Waals surface area contributed by atoms with Gasteiger partial charge in [-0.05, 0) is 25.5 Å². The summed E-state index contributed by atoms with van der Waals surface area (Å²) in [6, 6.07) is 0. The minimum Gasteiger partial charge on any atom is -0.318 e. The average molecular weight is 210 g/mol. The maximum Gasteiger partial charge on any atom is 0.331 e. The van der Waals surface area contributed by atoms with Crippen LogP contribution < -0.4 is 0 Å². The van der Waals surface area contributed by atoms with Crippen LogP contribution in [0.2, 0.25) is 0 Å². The number of likely N-dealkylation sites (N-methyl/N-ethyl adjacent to an activating group) is 1. The van der Waals surface area contributed by atoms with E-state index in [-0.39, 0.29) is 5.97 Å². The molecule has 1 aliphatic heterocycles. The SMILES string of the molecule is CC/C(=N\OC(C)=O)C1=CCCN(C)C1. The fraction of sp³-hybridized carbons (Fsp3) is 0.636. The van der Waals surface area contributed by atoms with Crippen LogP contribution in [-0.4, -0.2) is 36.7 Å². The molecule has 0 aliphatic carbocycles. The third kappa shape index (κ3) is 3.83. The fourth-order valence-electron chi connectivity index (χ4n) is 1.57. The Morgan fingerprint density at radius 1 is 1.67 bits per heavy atom. The quantitative estimate of drug-likeness (QED) is 0.403. The second-order valence-corrected chi connectivity index (χ2v) is 3.73. The number of oxime groups is 1. The highest BCUT2D eigenvalue weighted by Gasteiger charge is 2.13. The molecule has 15 heavy (non-hydrogen) atoms. The molecule has 1 heterocycles. The normalized spacial score (nSPS) is 18.6. The van der Waals surface area contributed by atoms with E-state index in [9.17, 15) is 4.79 Å². The average Bonchev–Trinajstić information content (AvgIpc) is 2.18. The standard InChI is InChI=1S/C11H18N2O2/c1-4-11(12-15-9(2)14)10-6-5-7-13(3)8-10/h6H,4-5,7-8H2,1-3H3/b12-11+. The van der Waals surface area contributed by atoms with Crippen molar-refractivity contribution >= 4 is 11.7 Å². The van der Waals surface area contributed by atoms with Crippen molar-refractivity contribution in [3.63, 3.8) is 0 Å². The Kier molecular flexibility index (Phi) is 4.49. The summed E-state index contributed by atoms with van der Waals surface area (Å²) in [7, 11) is 2.08. The molecule has 4 heteroatoms. The Labute approximate surface area is 90.6 Å². The molecule has 0 spiro atoms. The van der Waals surface area contributed by atoms with Crippen LogP contribution >= 0.6 is 0 Å². The molecule has 0 N–H and O–H groups in total. The second-order valence-electron chi connectivity index (χ2n) is 3.73. The first-order valence-corrected chi connectivity index (χ1v) is 5.26. The second kappa shape index (κ2) is 5.66. The first-order valence-electron chi connectivity index (χ1n) is 5.26. The lowest BCUT2D eigenvalue weighted by Crippen LogP contribution is -2.28. The summed E-state index contributed by atoms with van der Waals surface area (Å²) >= 11 is 0. The first-order chi connectivity index (χ1) is 7.13. The van der Waals surface area contributed by atoms with Crippen LogP contribution in [0.5, 0.6) is 0 Å². The zero-order valence-electron chi connectivity index (χ0n) is 9.62. The lowest BCUT2D eigenvalue weighted by atomic mass is 10.0. The number of nitrogens with zero attached hydrogens (tertiary/aromatic N) is 2. The molecule has 0 aromatic carbocycles. The van der Waals surface area contributed by atoms with E-state index in [0.29, 0.717) is 0 Å². The first kappa shape index (κ1) is 11.9. The van der Waals surface area contributed by atoms with Crippen LogP contribution in [0.4, 0.5) is 0 Å². The van der Waals surface area contributed by atoms with Crippen LogP contribution in [0.25, 0.3) is 0 Å². The molecular formula is C11H18N2O2. The maximum absolute atomic E-state index is 10.7. The molecule has 0 saturated carbocycles. The van der Waals surface area contributed by atoms with Gasteiger partial charge in [-0.25, -0.2) is 4.79 Å². The Bertz CT molecular complexity index is 295. The number of carbonyl (C=O) groups excluding carboxylic acids is 1. The van der Waals surface area contributed by atoms with Crippen molar-refractivity contribution in [1.82, 2.24) is 4.90 Å². The molecule has 0 unspecified atom stereocenters. The molecule has 0 radical (unpaired) electrons. The number of carbonyl (C=O) groups is 1. The largest absolute Gasteiger partial charge is 0.331 e. The molecular weight excluding hydrogens is 192 g/mol. The van der Waals surface area contributed by atoms with E-state index in [4.69, 9.17) is 0 Å². The van der Waals surface area contributed by atoms with Gasteiger partial charge in [0.2, 0.25) is 0 Å². The zero-order chi connectivity index (χ0) is 11.3. The maximum atomic E-state index is 10.7. The highest BCUT2D eigenvalue weighted by Crippen LogP contribution is 2.11. The zero-order valence-corrected chi connectivity index (χ0v) is 9.62. The molecule has 0 atom stereocenters. The summed E-state index contributed by atoms with van der Waals surface area (Å²) in [5.74, 6) is -0.370. The minimum absolute atomic E-state index is 0.370. The van der Waals surface area contributed by atoms with E-state index in [1.165, 1.54) is 12.5 Å². The van der Waals surface area contributed by atoms with Gasteiger partial charge in [-0.2, -0.15) is 0 Å². The topological polar surface area (TPSA) is 41.9 Å². The fourth-order valence-corrected chi connectivity index (χ4v) is 1.57. The highest BCUT2D eigenvalue weighted by atomic mass is 16.7. The van der Waals surface area contributed by atoms with Gasteiger partial charge in [0.15, 0.2) is 0 Å². The third-order valence-electron chi connectivity index (χ3n) is 2.33. The van der Waals surface area contributed by atoms with Crippen LogP contribution in [0.1, 0.15) is 26.7 Å². The number of rotatable bonds is 3. The molecule has 1 rings (SSSR count). The van der Waals surface area contributed by atoms with Gasteiger partial charge < -0.3 is 9.74 Å². The third-order valence-corrected chi connectivity index (χ3v) is 2.33. The van der Waals surface area contributed by atoms with Crippen LogP contribution in [-0.2, 0) is 9.63 Å². The van der Waals surface area contributed by atoms with E-state index in [1.807, 2.05) is 6.92 Å². The van der Waals surface area contributed by atoms with E-state index in [1.54, 1.807) is 0 Å². The van der Waals surface area contributed by atoms with Crippen LogP contribution in [0.15, 0.2) is 16.8 Å². The van der Waals surface area contributed by atoms with Gasteiger partial charge in [0.05, 0.1) is 5.71 Å². The lowest BCUT2D eigenvalue weighted by molar-refractivity contribution is -0.140. The van der Waals surface area contributed by atoms with Crippen molar-refractivity contribution in [2.45, 2.75) is 26.7 Å². The summed E-state index contributed by atoms with van der Waals surface area (Å²) in [4.78, 5) is 17.6. The Morgan fingerprint density at radius 2 is 2.40 bits per heavy atom. The van der Waals surface area contributed by atoms with Gasteiger partial charge in [0.1, 0.15) is 0 Å². The van der Waals surface area contributed by atoms with E-state index >= 15 is 0 Å². The summed E-state index contributed by atoms with van der Waals surface area (Å²) < 4.78 is 0. The molecule has 1 aliphatic rings. The van der Waals surface area contributed by atoms with Crippen molar-refractivity contribution in [3.8, 4) is 0 Å². The van der Waals surface area contributed by atoms with Gasteiger partial charge in [-0.15, -0.1) is 0 Å². The van der Waals surface area contributed by atoms with Gasteiger partial charge in [-0.1, -0.05) is 18.2 Å². The van der Waals surface area contributed by atoms with Gasteiger partial charge in [0, 0.05) is 20.0 Å². The van der Waals surface area contributed by atoms with Crippen molar-refractivity contribution in [3.05, 3.63) is 11.6 Å². The van der Waals surface area contributed by atoms with Crippen molar-refractivity contribution in [2.75, 3.05) is 20.1 Å². The monoisotopic (exact) mass is 210 g/mol. The number of hydrogen-bond donors (Lipinski definition) is 0. The summed E-state index contributed by atoms with van der Waals surface area (Å²) in [5.41, 5.74) is 2.05. The van der Waals surface area contributed by atoms with Gasteiger partial charge >= 0.3 is 5.97 Å². The molecule has 0 bridgehead atoms. The minimum atomic E-state index is -0.370. The summed E-state index contributed by atoms with van der Waals surface area (Å²) in [5, 5.41) is 3.87. The Hall–Kier alpha value is -1.16. The van der Waals surface area contributed by atoms with E-state index < -0.39 is 0 Å². The van der Waals surface area contributed by atoms with Crippen molar-refractivity contribution in [2.24, 2.45) is 5.16 Å². The van der Waals surface area contributed by atoms with Gasteiger partial charge in [-0.3, -0.25) is 0 Å². The molecule has 0 fully saturated rings. The Morgan fingerprint density at radius 3 is 2.93 bits per heavy atom. The van der Waals surface area contributed by atoms with Crippen LogP contribution in [0, 0.1) is 0 Å². The van der Waals surface area contributed by atoms with Gasteiger partial charge in [0.25, 0.3) is 0 Å². The molecule has 0 aromatic rings. The van der Waals surface area contributed by atoms with Crippen molar-refractivity contribution in [1.29, 1.82) is 0 Å². The van der Waals surface area contributed by atoms with E-state index in [0.717, 1.165) is 31.6 Å². The predicted octanol–water partition coefficient (Wildman–Crippen LogP) is 1.58. The number of hydrogen-bond acceptors (Lipinski definition) is 4. The molecule has 0 amide bonds. The predicted molar refractivity (Wildman–Crippen MR) is 59.7 cm³/mol. The highest BCUT2D eigenvalue weighted by molar-refractivity contribution is 6.00. The summed E-state index contributed by atoms with van der Waals surface area (Å²) in [6.07, 6.45) is 3.99.